The lowest BCUT2D eigenvalue weighted by Gasteiger charge is -2.43. The number of hydrogen-bond acceptors (Lipinski definition) is 3. The molecule has 0 aromatic carbocycles. The Hall–Kier alpha value is -0.120. The van der Waals surface area contributed by atoms with Crippen LogP contribution in [-0.4, -0.2) is 31.3 Å². The fraction of sp³-hybridized carbons (Fsp3) is 1.00. The summed E-state index contributed by atoms with van der Waals surface area (Å²) in [7, 11) is 1.74. The summed E-state index contributed by atoms with van der Waals surface area (Å²) in [6.07, 6.45) is 2.18. The molecule has 2 heterocycles. The number of methoxy groups -OCH3 is 1. The molecular weight excluding hydrogens is 128 g/mol. The normalized spacial score (nSPS) is 51.0. The van der Waals surface area contributed by atoms with Gasteiger partial charge in [-0.15, -0.1) is 0 Å². The smallest absolute Gasteiger partial charge is 0.0645 e. The number of ether oxygens (including phenoxy) is 1. The standard InChI is InChI=1S/C7H14N2O/c1-10-5-7-2-6(8,3-7)4-9-7/h9H,2-5,8H2,1H3. The van der Waals surface area contributed by atoms with Crippen LogP contribution < -0.4 is 11.1 Å². The molecule has 0 spiro atoms. The molecule has 0 unspecified atom stereocenters. The molecule has 3 heteroatoms. The van der Waals surface area contributed by atoms with Gasteiger partial charge in [0.05, 0.1) is 6.61 Å². The molecule has 2 aliphatic heterocycles. The van der Waals surface area contributed by atoms with Gasteiger partial charge in [-0.3, -0.25) is 0 Å². The van der Waals surface area contributed by atoms with E-state index >= 15 is 0 Å². The van der Waals surface area contributed by atoms with E-state index in [1.54, 1.807) is 7.11 Å². The molecular formula is C7H14N2O. The Morgan fingerprint density at radius 2 is 2.30 bits per heavy atom. The van der Waals surface area contributed by atoms with Crippen LogP contribution in [0.4, 0.5) is 0 Å². The van der Waals surface area contributed by atoms with Crippen LogP contribution in [0.5, 0.6) is 0 Å². The Labute approximate surface area is 60.9 Å². The van der Waals surface area contributed by atoms with Crippen molar-refractivity contribution in [3.05, 3.63) is 0 Å². The monoisotopic (exact) mass is 142 g/mol. The summed E-state index contributed by atoms with van der Waals surface area (Å²) in [5, 5.41) is 3.40. The second-order valence-electron chi connectivity index (χ2n) is 3.78. The first kappa shape index (κ1) is 6.58. The Morgan fingerprint density at radius 3 is 2.70 bits per heavy atom. The fourth-order valence-corrected chi connectivity index (χ4v) is 2.34. The third-order valence-corrected chi connectivity index (χ3v) is 2.62. The summed E-state index contributed by atoms with van der Waals surface area (Å²) >= 11 is 0. The van der Waals surface area contributed by atoms with Crippen molar-refractivity contribution in [1.29, 1.82) is 0 Å². The maximum atomic E-state index is 5.94. The highest BCUT2D eigenvalue weighted by Gasteiger charge is 2.58. The number of nitrogens with two attached hydrogens (primary N) is 1. The molecule has 1 saturated carbocycles. The minimum atomic E-state index is 0.110. The van der Waals surface area contributed by atoms with Gasteiger partial charge in [0.25, 0.3) is 0 Å². The van der Waals surface area contributed by atoms with Crippen molar-refractivity contribution < 1.29 is 4.74 Å². The number of fused-ring (bicyclic) bond motifs is 1. The summed E-state index contributed by atoms with van der Waals surface area (Å²) in [5.41, 5.74) is 6.30. The summed E-state index contributed by atoms with van der Waals surface area (Å²) in [6, 6.07) is 0. The summed E-state index contributed by atoms with van der Waals surface area (Å²) < 4.78 is 5.09. The van der Waals surface area contributed by atoms with Crippen LogP contribution in [0.3, 0.4) is 0 Å². The Bertz CT molecular complexity index is 148. The molecule has 3 rings (SSSR count). The van der Waals surface area contributed by atoms with Crippen LogP contribution in [-0.2, 0) is 4.74 Å². The lowest BCUT2D eigenvalue weighted by Crippen LogP contribution is -2.58. The Balaban J connectivity index is 2.00. The molecule has 0 aromatic rings. The number of rotatable bonds is 2. The van der Waals surface area contributed by atoms with E-state index in [2.05, 4.69) is 5.32 Å². The molecule has 0 amide bonds. The molecule has 0 radical (unpaired) electrons. The van der Waals surface area contributed by atoms with Crippen molar-refractivity contribution in [1.82, 2.24) is 5.32 Å². The first-order chi connectivity index (χ1) is 4.68. The average molecular weight is 142 g/mol. The van der Waals surface area contributed by atoms with Crippen molar-refractivity contribution >= 4 is 0 Å². The maximum Gasteiger partial charge on any atom is 0.0645 e. The molecule has 1 aliphatic carbocycles. The van der Waals surface area contributed by atoms with Gasteiger partial charge in [0.1, 0.15) is 0 Å². The molecule has 2 saturated heterocycles. The molecule has 10 heavy (non-hydrogen) atoms. The summed E-state index contributed by atoms with van der Waals surface area (Å²) in [6.45, 7) is 1.78. The van der Waals surface area contributed by atoms with Crippen molar-refractivity contribution in [2.45, 2.75) is 23.9 Å². The van der Waals surface area contributed by atoms with Gasteiger partial charge in [0, 0.05) is 24.7 Å². The van der Waals surface area contributed by atoms with Crippen LogP contribution in [0, 0.1) is 0 Å². The van der Waals surface area contributed by atoms with Crippen molar-refractivity contribution in [3.63, 3.8) is 0 Å². The van der Waals surface area contributed by atoms with E-state index in [-0.39, 0.29) is 11.1 Å². The Morgan fingerprint density at radius 1 is 1.60 bits per heavy atom. The van der Waals surface area contributed by atoms with Gasteiger partial charge in [-0.25, -0.2) is 0 Å². The van der Waals surface area contributed by atoms with Crippen LogP contribution in [0.2, 0.25) is 0 Å². The largest absolute Gasteiger partial charge is 0.383 e. The molecule has 2 bridgehead atoms. The van der Waals surface area contributed by atoms with Crippen molar-refractivity contribution in [2.24, 2.45) is 5.73 Å². The van der Waals surface area contributed by atoms with Crippen LogP contribution in [0.25, 0.3) is 0 Å². The summed E-state index contributed by atoms with van der Waals surface area (Å²) in [4.78, 5) is 0. The third-order valence-electron chi connectivity index (χ3n) is 2.62. The molecule has 3 nitrogen and oxygen atoms in total. The van der Waals surface area contributed by atoms with E-state index in [4.69, 9.17) is 10.5 Å². The van der Waals surface area contributed by atoms with E-state index in [1.165, 1.54) is 0 Å². The van der Waals surface area contributed by atoms with Crippen LogP contribution >= 0.6 is 0 Å². The second kappa shape index (κ2) is 1.72. The fourth-order valence-electron chi connectivity index (χ4n) is 2.34. The van der Waals surface area contributed by atoms with E-state index in [9.17, 15) is 0 Å². The van der Waals surface area contributed by atoms with Gasteiger partial charge in [-0.05, 0) is 12.8 Å². The predicted molar refractivity (Wildman–Crippen MR) is 38.8 cm³/mol. The quantitative estimate of drug-likeness (QED) is 0.544. The van der Waals surface area contributed by atoms with Crippen molar-refractivity contribution in [2.75, 3.05) is 20.3 Å². The molecule has 0 aromatic heterocycles. The Kier molecular flexibility index (Phi) is 1.14. The highest BCUT2D eigenvalue weighted by atomic mass is 16.5. The minimum absolute atomic E-state index is 0.110. The highest BCUT2D eigenvalue weighted by Crippen LogP contribution is 2.45. The van der Waals surface area contributed by atoms with Gasteiger partial charge in [0.2, 0.25) is 0 Å². The zero-order valence-electron chi connectivity index (χ0n) is 6.31. The molecule has 3 fully saturated rings. The summed E-state index contributed by atoms with van der Waals surface area (Å²) in [5.74, 6) is 0. The molecule has 58 valence electrons. The van der Waals surface area contributed by atoms with Gasteiger partial charge in [-0.2, -0.15) is 0 Å². The predicted octanol–water partition coefficient (Wildman–Crippen LogP) is -0.534. The van der Waals surface area contributed by atoms with E-state index in [0.717, 1.165) is 26.0 Å². The van der Waals surface area contributed by atoms with Gasteiger partial charge < -0.3 is 15.8 Å². The zero-order chi connectivity index (χ0) is 7.24. The zero-order valence-corrected chi connectivity index (χ0v) is 6.31. The van der Waals surface area contributed by atoms with E-state index < -0.39 is 0 Å². The van der Waals surface area contributed by atoms with Gasteiger partial charge in [-0.1, -0.05) is 0 Å². The SMILES string of the molecule is COCC12CC(N)(CN1)C2. The highest BCUT2D eigenvalue weighted by molar-refractivity contribution is 5.20. The van der Waals surface area contributed by atoms with Crippen molar-refractivity contribution in [3.8, 4) is 0 Å². The number of hydrogen-bond donors (Lipinski definition) is 2. The minimum Gasteiger partial charge on any atom is -0.383 e. The van der Waals surface area contributed by atoms with Gasteiger partial charge in [0.15, 0.2) is 0 Å². The molecule has 3 N–H and O–H groups in total. The average Bonchev–Trinajstić information content (AvgIpc) is 2.21. The molecule has 3 aliphatic rings. The second-order valence-corrected chi connectivity index (χ2v) is 3.78. The van der Waals surface area contributed by atoms with Crippen LogP contribution in [0.1, 0.15) is 12.8 Å². The topological polar surface area (TPSA) is 47.3 Å². The lowest BCUT2D eigenvalue weighted by atomic mass is 9.69. The van der Waals surface area contributed by atoms with Crippen LogP contribution in [0.15, 0.2) is 0 Å². The third kappa shape index (κ3) is 0.713. The van der Waals surface area contributed by atoms with E-state index in [0.29, 0.717) is 0 Å². The first-order valence-electron chi connectivity index (χ1n) is 3.71. The van der Waals surface area contributed by atoms with Gasteiger partial charge >= 0.3 is 0 Å². The first-order valence-corrected chi connectivity index (χ1v) is 3.71. The number of nitrogens with one attached hydrogen (secondary N) is 1. The lowest BCUT2D eigenvalue weighted by molar-refractivity contribution is 0.0670. The van der Waals surface area contributed by atoms with E-state index in [1.807, 2.05) is 0 Å². The molecule has 0 atom stereocenters. The maximum absolute atomic E-state index is 5.94.